The number of benzene rings is 1. The summed E-state index contributed by atoms with van der Waals surface area (Å²) in [5.74, 6) is -0.681. The molecule has 104 valence electrons. The van der Waals surface area contributed by atoms with E-state index in [0.717, 1.165) is 25.3 Å². The van der Waals surface area contributed by atoms with E-state index >= 15 is 0 Å². The molecule has 1 aliphatic carbocycles. The largest absolute Gasteiger partial charge is 0.508 e. The first-order chi connectivity index (χ1) is 9.00. The summed E-state index contributed by atoms with van der Waals surface area (Å²) in [4.78, 5) is 13.8. The molecule has 5 heteroatoms. The van der Waals surface area contributed by atoms with Gasteiger partial charge in [-0.2, -0.15) is 0 Å². The van der Waals surface area contributed by atoms with Crippen LogP contribution in [0.4, 0.5) is 0 Å². The SMILES string of the molecule is CN(C(=O)c1ccc(O)cc1O)[C@H]1CCCC[C@@H]1O. The second-order valence-electron chi connectivity index (χ2n) is 5.04. The summed E-state index contributed by atoms with van der Waals surface area (Å²) in [6.45, 7) is 0. The Balaban J connectivity index is 2.18. The Labute approximate surface area is 112 Å². The summed E-state index contributed by atoms with van der Waals surface area (Å²) in [6, 6.07) is 3.67. The molecular formula is C14H19NO4. The van der Waals surface area contributed by atoms with Gasteiger partial charge in [0.25, 0.3) is 5.91 Å². The number of aromatic hydroxyl groups is 2. The number of phenolic OH excluding ortho intramolecular Hbond substituents is 2. The molecule has 1 fully saturated rings. The summed E-state index contributed by atoms with van der Waals surface area (Å²) in [6.07, 6.45) is 2.92. The Bertz CT molecular complexity index is 475. The fraction of sp³-hybridized carbons (Fsp3) is 0.500. The van der Waals surface area contributed by atoms with Crippen molar-refractivity contribution in [2.75, 3.05) is 7.05 Å². The fourth-order valence-electron chi connectivity index (χ4n) is 2.58. The smallest absolute Gasteiger partial charge is 0.257 e. The van der Waals surface area contributed by atoms with E-state index in [0.29, 0.717) is 6.42 Å². The third kappa shape index (κ3) is 2.81. The molecular weight excluding hydrogens is 246 g/mol. The fourth-order valence-corrected chi connectivity index (χ4v) is 2.58. The van der Waals surface area contributed by atoms with Crippen molar-refractivity contribution < 1.29 is 20.1 Å². The predicted octanol–water partition coefficient (Wildman–Crippen LogP) is 1.47. The van der Waals surface area contributed by atoms with E-state index in [9.17, 15) is 20.1 Å². The van der Waals surface area contributed by atoms with Gasteiger partial charge in [0.15, 0.2) is 0 Å². The van der Waals surface area contributed by atoms with Crippen LogP contribution in [0, 0.1) is 0 Å². The van der Waals surface area contributed by atoms with Gasteiger partial charge in [-0.1, -0.05) is 12.8 Å². The lowest BCUT2D eigenvalue weighted by atomic mass is 9.91. The van der Waals surface area contributed by atoms with Crippen LogP contribution in [0.3, 0.4) is 0 Å². The Hall–Kier alpha value is -1.75. The zero-order valence-corrected chi connectivity index (χ0v) is 10.9. The van der Waals surface area contributed by atoms with Crippen molar-refractivity contribution in [1.29, 1.82) is 0 Å². The summed E-state index contributed by atoms with van der Waals surface area (Å²) >= 11 is 0. The number of amides is 1. The molecule has 0 heterocycles. The number of aliphatic hydroxyl groups is 1. The van der Waals surface area contributed by atoms with E-state index in [1.165, 1.54) is 17.0 Å². The second-order valence-corrected chi connectivity index (χ2v) is 5.04. The van der Waals surface area contributed by atoms with Gasteiger partial charge < -0.3 is 20.2 Å². The van der Waals surface area contributed by atoms with E-state index in [-0.39, 0.29) is 29.0 Å². The molecule has 2 atom stereocenters. The molecule has 3 N–H and O–H groups in total. The van der Waals surface area contributed by atoms with Crippen LogP contribution < -0.4 is 0 Å². The second kappa shape index (κ2) is 5.48. The molecule has 2 rings (SSSR count). The number of hydrogen-bond acceptors (Lipinski definition) is 4. The molecule has 0 bridgehead atoms. The van der Waals surface area contributed by atoms with Crippen LogP contribution >= 0.6 is 0 Å². The van der Waals surface area contributed by atoms with Crippen LogP contribution in [0.2, 0.25) is 0 Å². The van der Waals surface area contributed by atoms with Crippen LogP contribution in [-0.4, -0.2) is 45.3 Å². The van der Waals surface area contributed by atoms with Gasteiger partial charge >= 0.3 is 0 Å². The minimum absolute atomic E-state index is 0.0885. The van der Waals surface area contributed by atoms with Crippen LogP contribution in [0.1, 0.15) is 36.0 Å². The normalized spacial score (nSPS) is 23.1. The minimum atomic E-state index is -0.512. The summed E-state index contributed by atoms with van der Waals surface area (Å²) in [5.41, 5.74) is 0.137. The average molecular weight is 265 g/mol. The lowest BCUT2D eigenvalue weighted by Crippen LogP contribution is -2.46. The lowest BCUT2D eigenvalue weighted by molar-refractivity contribution is 0.0266. The molecule has 0 aliphatic heterocycles. The number of aliphatic hydroxyl groups excluding tert-OH is 1. The van der Waals surface area contributed by atoms with Gasteiger partial charge in [-0.25, -0.2) is 0 Å². The molecule has 1 saturated carbocycles. The number of nitrogens with zero attached hydrogens (tertiary/aromatic N) is 1. The third-order valence-electron chi connectivity index (χ3n) is 3.72. The molecule has 0 unspecified atom stereocenters. The Kier molecular flexibility index (Phi) is 3.95. The standard InChI is InChI=1S/C14H19NO4/c1-15(11-4-2-3-5-12(11)17)14(19)10-7-6-9(16)8-13(10)18/h6-8,11-12,16-18H,2-5H2,1H3/t11-,12-/m0/s1. The number of hydrogen-bond donors (Lipinski definition) is 3. The van der Waals surface area contributed by atoms with Crippen LogP contribution in [0.15, 0.2) is 18.2 Å². The van der Waals surface area contributed by atoms with Crippen molar-refractivity contribution >= 4 is 5.91 Å². The molecule has 19 heavy (non-hydrogen) atoms. The number of rotatable bonds is 2. The summed E-state index contributed by atoms with van der Waals surface area (Å²) in [7, 11) is 1.63. The van der Waals surface area contributed by atoms with Crippen LogP contribution in [0.5, 0.6) is 11.5 Å². The number of likely N-dealkylation sites (N-methyl/N-ethyl adjacent to an activating group) is 1. The van der Waals surface area contributed by atoms with Gasteiger partial charge in [0.05, 0.1) is 17.7 Å². The maximum absolute atomic E-state index is 12.3. The molecule has 5 nitrogen and oxygen atoms in total. The monoisotopic (exact) mass is 265 g/mol. The molecule has 1 aromatic carbocycles. The first-order valence-electron chi connectivity index (χ1n) is 6.48. The third-order valence-corrected chi connectivity index (χ3v) is 3.72. The van der Waals surface area contributed by atoms with Crippen LogP contribution in [-0.2, 0) is 0 Å². The molecule has 1 amide bonds. The van der Waals surface area contributed by atoms with E-state index < -0.39 is 6.10 Å². The van der Waals surface area contributed by atoms with Gasteiger partial charge in [0, 0.05) is 13.1 Å². The maximum Gasteiger partial charge on any atom is 0.257 e. The first kappa shape index (κ1) is 13.7. The quantitative estimate of drug-likeness (QED) is 0.756. The molecule has 0 aromatic heterocycles. The van der Waals surface area contributed by atoms with Crippen molar-refractivity contribution in [3.8, 4) is 11.5 Å². The van der Waals surface area contributed by atoms with E-state index in [2.05, 4.69) is 0 Å². The molecule has 1 aliphatic rings. The van der Waals surface area contributed by atoms with Gasteiger partial charge in [0.1, 0.15) is 11.5 Å². The number of carbonyl (C=O) groups is 1. The number of carbonyl (C=O) groups excluding carboxylic acids is 1. The zero-order chi connectivity index (χ0) is 14.0. The number of phenols is 2. The zero-order valence-electron chi connectivity index (χ0n) is 10.9. The van der Waals surface area contributed by atoms with Crippen molar-refractivity contribution in [2.24, 2.45) is 0 Å². The maximum atomic E-state index is 12.3. The Morgan fingerprint density at radius 1 is 1.26 bits per heavy atom. The topological polar surface area (TPSA) is 81.0 Å². The van der Waals surface area contributed by atoms with E-state index in [1.54, 1.807) is 7.05 Å². The van der Waals surface area contributed by atoms with Gasteiger partial charge in [-0.05, 0) is 25.0 Å². The first-order valence-corrected chi connectivity index (χ1v) is 6.48. The predicted molar refractivity (Wildman–Crippen MR) is 70.1 cm³/mol. The summed E-state index contributed by atoms with van der Waals surface area (Å²) < 4.78 is 0. The van der Waals surface area contributed by atoms with Crippen molar-refractivity contribution in [3.63, 3.8) is 0 Å². The minimum Gasteiger partial charge on any atom is -0.508 e. The van der Waals surface area contributed by atoms with Crippen LogP contribution in [0.25, 0.3) is 0 Å². The highest BCUT2D eigenvalue weighted by atomic mass is 16.3. The van der Waals surface area contributed by atoms with Crippen molar-refractivity contribution in [2.45, 2.75) is 37.8 Å². The molecule has 0 spiro atoms. The highest BCUT2D eigenvalue weighted by molar-refractivity contribution is 5.97. The molecule has 0 radical (unpaired) electrons. The summed E-state index contributed by atoms with van der Waals surface area (Å²) in [5, 5.41) is 28.9. The van der Waals surface area contributed by atoms with Gasteiger partial charge in [-0.15, -0.1) is 0 Å². The Morgan fingerprint density at radius 2 is 1.95 bits per heavy atom. The van der Waals surface area contributed by atoms with E-state index in [1.807, 2.05) is 0 Å². The highest BCUT2D eigenvalue weighted by Gasteiger charge is 2.30. The van der Waals surface area contributed by atoms with Crippen molar-refractivity contribution in [1.82, 2.24) is 4.90 Å². The molecule has 1 aromatic rings. The Morgan fingerprint density at radius 3 is 2.58 bits per heavy atom. The van der Waals surface area contributed by atoms with E-state index in [4.69, 9.17) is 0 Å². The average Bonchev–Trinajstić information content (AvgIpc) is 2.38. The van der Waals surface area contributed by atoms with Gasteiger partial charge in [0.2, 0.25) is 0 Å². The highest BCUT2D eigenvalue weighted by Crippen LogP contribution is 2.27. The van der Waals surface area contributed by atoms with Gasteiger partial charge in [-0.3, -0.25) is 4.79 Å². The molecule has 0 saturated heterocycles. The van der Waals surface area contributed by atoms with Crippen molar-refractivity contribution in [3.05, 3.63) is 23.8 Å². The lowest BCUT2D eigenvalue weighted by Gasteiger charge is -2.35.